The molecule has 4 heteroatoms. The van der Waals surface area contributed by atoms with Crippen LogP contribution in [-0.2, 0) is 3.75 Å². The Kier molecular flexibility index (Phi) is 2.93. The monoisotopic (exact) mass is 200 g/mol. The van der Waals surface area contributed by atoms with Crippen LogP contribution in [0.4, 0.5) is 0 Å². The van der Waals surface area contributed by atoms with Crippen molar-refractivity contribution in [2.75, 3.05) is 0 Å². The third-order valence-electron chi connectivity index (χ3n) is 1.17. The number of hydrogen-bond acceptors (Lipinski definition) is 2. The van der Waals surface area contributed by atoms with Gasteiger partial charge in [0.05, 0.1) is 16.3 Å². The van der Waals surface area contributed by atoms with Crippen LogP contribution in [-0.4, -0.2) is 12.1 Å². The zero-order valence-corrected chi connectivity index (χ0v) is 6.78. The molecular formula is C6H6BBrO2. The molecule has 0 heterocycles. The predicted molar refractivity (Wildman–Crippen MR) is 44.1 cm³/mol. The van der Waals surface area contributed by atoms with Crippen molar-refractivity contribution in [3.05, 3.63) is 30.3 Å². The highest BCUT2D eigenvalue weighted by Crippen LogP contribution is 1.91. The fraction of sp³-hybridized carbons (Fsp3) is 0. The molecule has 0 bridgehead atoms. The molecule has 0 aliphatic rings. The van der Waals surface area contributed by atoms with Crippen molar-refractivity contribution in [3.8, 4) is 0 Å². The van der Waals surface area contributed by atoms with E-state index >= 15 is 0 Å². The lowest BCUT2D eigenvalue weighted by molar-refractivity contribution is 0.480. The van der Waals surface area contributed by atoms with Crippen molar-refractivity contribution in [3.63, 3.8) is 0 Å². The minimum absolute atomic E-state index is 0.736. The van der Waals surface area contributed by atoms with Crippen molar-refractivity contribution < 1.29 is 8.77 Å². The van der Waals surface area contributed by atoms with Crippen LogP contribution >= 0.6 is 16.3 Å². The van der Waals surface area contributed by atoms with Crippen LogP contribution in [0.5, 0.6) is 0 Å². The third-order valence-corrected chi connectivity index (χ3v) is 1.52. The molecule has 52 valence electrons. The Balaban J connectivity index is 2.75. The SMILES string of the molecule is OB(OBr)c1ccccc1. The maximum absolute atomic E-state index is 9.06. The molecule has 0 aromatic heterocycles. The van der Waals surface area contributed by atoms with E-state index in [4.69, 9.17) is 5.02 Å². The summed E-state index contributed by atoms with van der Waals surface area (Å²) in [6, 6.07) is 9.12. The fourth-order valence-corrected chi connectivity index (χ4v) is 0.885. The normalized spacial score (nSPS) is 9.40. The van der Waals surface area contributed by atoms with E-state index in [-0.39, 0.29) is 0 Å². The molecule has 0 aliphatic carbocycles. The zero-order valence-electron chi connectivity index (χ0n) is 5.20. The Labute approximate surface area is 68.4 Å². The van der Waals surface area contributed by atoms with Gasteiger partial charge in [0.2, 0.25) is 0 Å². The molecule has 0 fully saturated rings. The van der Waals surface area contributed by atoms with Crippen molar-refractivity contribution in [2.45, 2.75) is 0 Å². The summed E-state index contributed by atoms with van der Waals surface area (Å²) >= 11 is 2.70. The van der Waals surface area contributed by atoms with Crippen LogP contribution in [0, 0.1) is 0 Å². The molecule has 2 nitrogen and oxygen atoms in total. The highest BCUT2D eigenvalue weighted by molar-refractivity contribution is 9.06. The highest BCUT2D eigenvalue weighted by atomic mass is 79.9. The van der Waals surface area contributed by atoms with Gasteiger partial charge in [-0.15, -0.1) is 0 Å². The van der Waals surface area contributed by atoms with Gasteiger partial charge in [0.15, 0.2) is 0 Å². The summed E-state index contributed by atoms with van der Waals surface area (Å²) in [6.45, 7) is 0. The minimum atomic E-state index is -0.874. The van der Waals surface area contributed by atoms with Crippen LogP contribution in [0.3, 0.4) is 0 Å². The molecule has 0 aliphatic heterocycles. The summed E-state index contributed by atoms with van der Waals surface area (Å²) < 4.78 is 4.50. The summed E-state index contributed by atoms with van der Waals surface area (Å²) in [7, 11) is -0.874. The average molecular weight is 201 g/mol. The van der Waals surface area contributed by atoms with E-state index in [1.54, 1.807) is 12.1 Å². The lowest BCUT2D eigenvalue weighted by Crippen LogP contribution is -2.30. The number of benzene rings is 1. The topological polar surface area (TPSA) is 29.5 Å². The predicted octanol–water partition coefficient (Wildman–Crippen LogP) is 0.701. The second-order valence-corrected chi connectivity index (χ2v) is 2.23. The minimum Gasteiger partial charge on any atom is -0.423 e. The van der Waals surface area contributed by atoms with Crippen LogP contribution in [0.15, 0.2) is 30.3 Å². The largest absolute Gasteiger partial charge is 0.502 e. The Morgan fingerprint density at radius 1 is 1.30 bits per heavy atom. The third kappa shape index (κ3) is 1.83. The molecule has 0 amide bonds. The molecule has 0 radical (unpaired) electrons. The molecule has 0 atom stereocenters. The first-order valence-electron chi connectivity index (χ1n) is 2.85. The van der Waals surface area contributed by atoms with Gasteiger partial charge in [0, 0.05) is 0 Å². The van der Waals surface area contributed by atoms with Gasteiger partial charge < -0.3 is 8.77 Å². The summed E-state index contributed by atoms with van der Waals surface area (Å²) in [5.41, 5.74) is 0.736. The summed E-state index contributed by atoms with van der Waals surface area (Å²) in [5.74, 6) is 0. The second kappa shape index (κ2) is 3.76. The number of hydrogen-bond donors (Lipinski definition) is 1. The Morgan fingerprint density at radius 3 is 2.40 bits per heavy atom. The van der Waals surface area contributed by atoms with Gasteiger partial charge in [0.25, 0.3) is 0 Å². The molecule has 0 saturated carbocycles. The molecule has 10 heavy (non-hydrogen) atoms. The van der Waals surface area contributed by atoms with Gasteiger partial charge in [-0.2, -0.15) is 0 Å². The smallest absolute Gasteiger partial charge is 0.423 e. The second-order valence-electron chi connectivity index (χ2n) is 1.85. The van der Waals surface area contributed by atoms with Crippen molar-refractivity contribution in [1.29, 1.82) is 0 Å². The molecule has 1 aromatic rings. The first-order chi connectivity index (χ1) is 4.84. The standard InChI is InChI=1S/C6H6BBrO2/c8-10-7(9)6-4-2-1-3-5-6/h1-5,9H. The molecule has 1 N–H and O–H groups in total. The lowest BCUT2D eigenvalue weighted by Gasteiger charge is -1.99. The van der Waals surface area contributed by atoms with E-state index < -0.39 is 7.12 Å². The van der Waals surface area contributed by atoms with E-state index in [9.17, 15) is 0 Å². The van der Waals surface area contributed by atoms with Crippen LogP contribution in [0.1, 0.15) is 0 Å². The number of halogens is 1. The van der Waals surface area contributed by atoms with Crippen molar-refractivity contribution in [1.82, 2.24) is 0 Å². The van der Waals surface area contributed by atoms with E-state index in [1.165, 1.54) is 0 Å². The Hall–Kier alpha value is -0.315. The van der Waals surface area contributed by atoms with Crippen LogP contribution in [0.2, 0.25) is 0 Å². The van der Waals surface area contributed by atoms with E-state index in [0.717, 1.165) is 5.46 Å². The van der Waals surface area contributed by atoms with Crippen LogP contribution in [0.25, 0.3) is 0 Å². The van der Waals surface area contributed by atoms with Gasteiger partial charge in [-0.1, -0.05) is 30.3 Å². The molecule has 1 aromatic carbocycles. The molecular weight excluding hydrogens is 195 g/mol. The molecule has 0 spiro atoms. The Bertz CT molecular complexity index is 192. The lowest BCUT2D eigenvalue weighted by atomic mass is 9.81. The quantitative estimate of drug-likeness (QED) is 0.713. The first kappa shape index (κ1) is 7.79. The number of rotatable bonds is 2. The molecule has 1 rings (SSSR count). The summed E-state index contributed by atoms with van der Waals surface area (Å²) in [4.78, 5) is 0. The van der Waals surface area contributed by atoms with E-state index in [2.05, 4.69) is 20.0 Å². The zero-order chi connectivity index (χ0) is 7.40. The van der Waals surface area contributed by atoms with Gasteiger partial charge in [-0.25, -0.2) is 0 Å². The molecule has 0 saturated heterocycles. The van der Waals surface area contributed by atoms with Gasteiger partial charge >= 0.3 is 7.12 Å². The van der Waals surface area contributed by atoms with Gasteiger partial charge in [-0.3, -0.25) is 0 Å². The average Bonchev–Trinajstić information content (AvgIpc) is 2.05. The summed E-state index contributed by atoms with van der Waals surface area (Å²) in [6.07, 6.45) is 0. The maximum Gasteiger partial charge on any atom is 0.502 e. The Morgan fingerprint density at radius 2 is 1.90 bits per heavy atom. The van der Waals surface area contributed by atoms with E-state index in [0.29, 0.717) is 0 Å². The molecule has 0 unspecified atom stereocenters. The van der Waals surface area contributed by atoms with Gasteiger partial charge in [-0.05, 0) is 5.46 Å². The van der Waals surface area contributed by atoms with Crippen LogP contribution < -0.4 is 5.46 Å². The highest BCUT2D eigenvalue weighted by Gasteiger charge is 2.13. The van der Waals surface area contributed by atoms with Gasteiger partial charge in [0.1, 0.15) is 0 Å². The van der Waals surface area contributed by atoms with Crippen molar-refractivity contribution >= 4 is 28.8 Å². The van der Waals surface area contributed by atoms with Crippen molar-refractivity contribution in [2.24, 2.45) is 0 Å². The van der Waals surface area contributed by atoms with E-state index in [1.807, 2.05) is 18.2 Å². The fourth-order valence-electron chi connectivity index (χ4n) is 0.669. The maximum atomic E-state index is 9.06. The first-order valence-corrected chi connectivity index (χ1v) is 3.50. The summed E-state index contributed by atoms with van der Waals surface area (Å²) in [5, 5.41) is 9.06.